The maximum absolute atomic E-state index is 12.7. The third-order valence-corrected chi connectivity index (χ3v) is 5.69. The highest BCUT2D eigenvalue weighted by Crippen LogP contribution is 2.46. The van der Waals surface area contributed by atoms with E-state index >= 15 is 0 Å². The van der Waals surface area contributed by atoms with E-state index in [1.165, 1.54) is 48.0 Å². The first kappa shape index (κ1) is 20.3. The lowest BCUT2D eigenvalue weighted by Gasteiger charge is -2.34. The zero-order valence-electron chi connectivity index (χ0n) is 15.7. The Kier molecular flexibility index (Phi) is 5.73. The molecule has 1 fully saturated rings. The molecular formula is C18H20N2O7S. The third-order valence-electron chi connectivity index (χ3n) is 4.44. The predicted octanol–water partition coefficient (Wildman–Crippen LogP) is 2.55. The number of fused-ring (bicyclic) bond motifs is 1. The number of benzene rings is 1. The molecule has 0 N–H and O–H groups in total. The molecule has 1 aromatic rings. The molecule has 0 bridgehead atoms. The Morgan fingerprint density at radius 2 is 2.00 bits per heavy atom. The van der Waals surface area contributed by atoms with Crippen LogP contribution in [0.3, 0.4) is 0 Å². The predicted molar refractivity (Wildman–Crippen MR) is 99.8 cm³/mol. The molecular weight excluding hydrogens is 388 g/mol. The van der Waals surface area contributed by atoms with Crippen LogP contribution in [0.5, 0.6) is 0 Å². The van der Waals surface area contributed by atoms with E-state index in [-0.39, 0.29) is 35.9 Å². The molecule has 0 aromatic heterocycles. The molecule has 0 radical (unpaired) electrons. The van der Waals surface area contributed by atoms with Gasteiger partial charge < -0.3 is 14.2 Å². The van der Waals surface area contributed by atoms with Gasteiger partial charge in [-0.05, 0) is 31.5 Å². The van der Waals surface area contributed by atoms with E-state index in [4.69, 9.17) is 14.2 Å². The largest absolute Gasteiger partial charge is 0.456 e. The summed E-state index contributed by atoms with van der Waals surface area (Å²) in [5.74, 6) is -1.60. The van der Waals surface area contributed by atoms with E-state index in [0.29, 0.717) is 16.9 Å². The number of ether oxygens (including phenoxy) is 3. The summed E-state index contributed by atoms with van der Waals surface area (Å²) in [7, 11) is 1.52. The fourth-order valence-electron chi connectivity index (χ4n) is 2.65. The molecule has 2 aliphatic rings. The number of carbonyl (C=O) groups excluding carboxylic acids is 2. The molecule has 1 atom stereocenters. The van der Waals surface area contributed by atoms with Gasteiger partial charge in [-0.2, -0.15) is 0 Å². The van der Waals surface area contributed by atoms with E-state index in [9.17, 15) is 19.7 Å². The zero-order valence-corrected chi connectivity index (χ0v) is 16.5. The highest BCUT2D eigenvalue weighted by atomic mass is 32.2. The van der Waals surface area contributed by atoms with Gasteiger partial charge in [-0.25, -0.2) is 4.79 Å². The molecule has 150 valence electrons. The number of hydrogen-bond acceptors (Lipinski definition) is 8. The molecule has 3 rings (SSSR count). The number of non-ortho nitro benzene ring substituents is 1. The first-order chi connectivity index (χ1) is 13.2. The van der Waals surface area contributed by atoms with E-state index in [2.05, 4.69) is 0 Å². The molecule has 1 saturated heterocycles. The monoisotopic (exact) mass is 408 g/mol. The van der Waals surface area contributed by atoms with Crippen LogP contribution in [0.1, 0.15) is 25.8 Å². The van der Waals surface area contributed by atoms with Crippen molar-refractivity contribution >= 4 is 29.3 Å². The molecule has 0 aliphatic carbocycles. The second-order valence-corrected chi connectivity index (χ2v) is 7.98. The Balaban J connectivity index is 1.69. The van der Waals surface area contributed by atoms with Crippen LogP contribution in [0.25, 0.3) is 0 Å². The van der Waals surface area contributed by atoms with Gasteiger partial charge in [-0.1, -0.05) is 11.8 Å². The fourth-order valence-corrected chi connectivity index (χ4v) is 3.95. The van der Waals surface area contributed by atoms with Crippen LogP contribution in [0.2, 0.25) is 0 Å². The Morgan fingerprint density at radius 1 is 1.32 bits per heavy atom. The number of nitrogens with zero attached hydrogens (tertiary/aromatic N) is 2. The second kappa shape index (κ2) is 7.90. The lowest BCUT2D eigenvalue weighted by atomic mass is 10.1. The third kappa shape index (κ3) is 4.18. The van der Waals surface area contributed by atoms with Crippen LogP contribution in [-0.4, -0.2) is 46.6 Å². The second-order valence-electron chi connectivity index (χ2n) is 6.70. The number of hydrogen-bond donors (Lipinski definition) is 0. The first-order valence-electron chi connectivity index (χ1n) is 8.53. The minimum Gasteiger partial charge on any atom is -0.456 e. The molecule has 28 heavy (non-hydrogen) atoms. The summed E-state index contributed by atoms with van der Waals surface area (Å²) in [5.41, 5.74) is 0.759. The van der Waals surface area contributed by atoms with Crippen molar-refractivity contribution in [2.24, 2.45) is 0 Å². The summed E-state index contributed by atoms with van der Waals surface area (Å²) in [4.78, 5) is 36.8. The average molecular weight is 408 g/mol. The van der Waals surface area contributed by atoms with E-state index in [1.54, 1.807) is 13.8 Å². The Hall–Kier alpha value is -2.43. The number of β-lactam (4-membered cyclic amide) rings is 1. The number of carbonyl (C=O) groups is 2. The topological polar surface area (TPSA) is 108 Å². The maximum atomic E-state index is 12.7. The number of esters is 1. The Bertz CT molecular complexity index is 835. The number of amides is 1. The van der Waals surface area contributed by atoms with Gasteiger partial charge in [0.1, 0.15) is 12.3 Å². The van der Waals surface area contributed by atoms with Crippen molar-refractivity contribution in [3.8, 4) is 0 Å². The minimum atomic E-state index is -0.831. The Morgan fingerprint density at radius 3 is 2.57 bits per heavy atom. The van der Waals surface area contributed by atoms with Crippen molar-refractivity contribution in [1.29, 1.82) is 0 Å². The normalized spacial score (nSPS) is 18.8. The average Bonchev–Trinajstić information content (AvgIpc) is 2.97. The summed E-state index contributed by atoms with van der Waals surface area (Å²) in [6, 6.07) is 5.72. The lowest BCUT2D eigenvalue weighted by molar-refractivity contribution is -0.384. The maximum Gasteiger partial charge on any atom is 0.356 e. The minimum absolute atomic E-state index is 0.0424. The van der Waals surface area contributed by atoms with Gasteiger partial charge >= 0.3 is 5.97 Å². The number of nitro benzene ring substituents is 1. The molecule has 2 aliphatic heterocycles. The fraction of sp³-hybridized carbons (Fsp3) is 0.444. The van der Waals surface area contributed by atoms with E-state index < -0.39 is 16.7 Å². The van der Waals surface area contributed by atoms with Gasteiger partial charge in [0, 0.05) is 24.1 Å². The van der Waals surface area contributed by atoms with Crippen molar-refractivity contribution in [3.05, 3.63) is 50.5 Å². The van der Waals surface area contributed by atoms with Gasteiger partial charge in [0.2, 0.25) is 5.91 Å². The molecule has 1 amide bonds. The Labute approximate surface area is 165 Å². The zero-order chi connectivity index (χ0) is 20.5. The summed E-state index contributed by atoms with van der Waals surface area (Å²) in [6.07, 6.45) is 0.362. The SMILES string of the molecule is COC(C)(C)OCC1=C(C(=O)OCc2ccc([N+](=O)[O-])cc2)N2C(=O)C[C@H]2S1. The van der Waals surface area contributed by atoms with Crippen LogP contribution in [0.15, 0.2) is 34.9 Å². The quantitative estimate of drug-likeness (QED) is 0.212. The van der Waals surface area contributed by atoms with Gasteiger partial charge in [0.25, 0.3) is 5.69 Å². The van der Waals surface area contributed by atoms with Crippen molar-refractivity contribution in [2.75, 3.05) is 13.7 Å². The summed E-state index contributed by atoms with van der Waals surface area (Å²) in [6.45, 7) is 3.56. The van der Waals surface area contributed by atoms with Crippen molar-refractivity contribution in [3.63, 3.8) is 0 Å². The number of thioether (sulfide) groups is 1. The highest BCUT2D eigenvalue weighted by Gasteiger charge is 2.49. The molecule has 0 unspecified atom stereocenters. The lowest BCUT2D eigenvalue weighted by Crippen LogP contribution is -2.48. The molecule has 1 aromatic carbocycles. The van der Waals surface area contributed by atoms with Crippen molar-refractivity contribution in [2.45, 2.75) is 38.0 Å². The van der Waals surface area contributed by atoms with Crippen LogP contribution < -0.4 is 0 Å². The summed E-state index contributed by atoms with van der Waals surface area (Å²) < 4.78 is 16.2. The number of rotatable bonds is 8. The van der Waals surface area contributed by atoms with E-state index in [0.717, 1.165) is 0 Å². The van der Waals surface area contributed by atoms with Gasteiger partial charge in [0.05, 0.1) is 23.3 Å². The van der Waals surface area contributed by atoms with Crippen LogP contribution in [0.4, 0.5) is 5.69 Å². The van der Waals surface area contributed by atoms with Crippen LogP contribution in [-0.2, 0) is 30.4 Å². The van der Waals surface area contributed by atoms with Crippen LogP contribution >= 0.6 is 11.8 Å². The first-order valence-corrected chi connectivity index (χ1v) is 9.41. The molecule has 0 spiro atoms. The smallest absolute Gasteiger partial charge is 0.356 e. The highest BCUT2D eigenvalue weighted by molar-refractivity contribution is 8.04. The molecule has 0 saturated carbocycles. The van der Waals surface area contributed by atoms with Gasteiger partial charge in [-0.3, -0.25) is 19.8 Å². The number of methoxy groups -OCH3 is 1. The summed E-state index contributed by atoms with van der Waals surface area (Å²) in [5, 5.41) is 10.6. The number of nitro groups is 1. The van der Waals surface area contributed by atoms with Crippen molar-refractivity contribution < 1.29 is 28.7 Å². The summed E-state index contributed by atoms with van der Waals surface area (Å²) >= 11 is 1.41. The van der Waals surface area contributed by atoms with E-state index in [1.807, 2.05) is 0 Å². The molecule has 9 nitrogen and oxygen atoms in total. The van der Waals surface area contributed by atoms with Gasteiger partial charge in [0.15, 0.2) is 5.79 Å². The standard InChI is InChI=1S/C18H20N2O7S/c1-18(2,25-3)27-10-13-16(19-14(21)8-15(19)28-13)17(22)26-9-11-4-6-12(7-5-11)20(23)24/h4-7,15H,8-10H2,1-3H3/t15-/m1/s1. The van der Waals surface area contributed by atoms with Crippen LogP contribution in [0, 0.1) is 10.1 Å². The molecule has 2 heterocycles. The molecule has 10 heteroatoms. The van der Waals surface area contributed by atoms with Gasteiger partial charge in [-0.15, -0.1) is 0 Å². The van der Waals surface area contributed by atoms with Crippen molar-refractivity contribution in [1.82, 2.24) is 4.90 Å².